The predicted octanol–water partition coefficient (Wildman–Crippen LogP) is 2.39. The average Bonchev–Trinajstić information content (AvgIpc) is 3.07. The van der Waals surface area contributed by atoms with Crippen molar-refractivity contribution in [3.63, 3.8) is 0 Å². The number of rotatable bonds is 5. The van der Waals surface area contributed by atoms with Gasteiger partial charge >= 0.3 is 0 Å². The number of hydrogen-bond acceptors (Lipinski definition) is 2. The van der Waals surface area contributed by atoms with E-state index in [0.29, 0.717) is 0 Å². The molecule has 2 unspecified atom stereocenters. The monoisotopic (exact) mass is 222 g/mol. The minimum absolute atomic E-state index is 0.875. The van der Waals surface area contributed by atoms with Crippen molar-refractivity contribution in [3.05, 3.63) is 0 Å². The zero-order valence-electron chi connectivity index (χ0n) is 10.6. The van der Waals surface area contributed by atoms with Crippen LogP contribution in [-0.2, 0) is 0 Å². The summed E-state index contributed by atoms with van der Waals surface area (Å²) in [6.07, 6.45) is 10.2. The maximum Gasteiger partial charge on any atom is 0.00963 e. The fourth-order valence-electron chi connectivity index (χ4n) is 3.80. The van der Waals surface area contributed by atoms with E-state index in [0.717, 1.165) is 24.0 Å². The van der Waals surface area contributed by atoms with Gasteiger partial charge in [-0.15, -0.1) is 0 Å². The predicted molar refractivity (Wildman–Crippen MR) is 67.6 cm³/mol. The van der Waals surface area contributed by atoms with Gasteiger partial charge in [0.25, 0.3) is 0 Å². The van der Waals surface area contributed by atoms with Gasteiger partial charge in [0.1, 0.15) is 0 Å². The third-order valence-corrected chi connectivity index (χ3v) is 4.86. The van der Waals surface area contributed by atoms with Crippen molar-refractivity contribution in [2.24, 2.45) is 5.92 Å². The maximum absolute atomic E-state index is 3.74. The molecule has 2 aliphatic heterocycles. The van der Waals surface area contributed by atoms with Gasteiger partial charge < -0.3 is 10.2 Å². The average molecular weight is 222 g/mol. The molecule has 0 aromatic heterocycles. The zero-order valence-corrected chi connectivity index (χ0v) is 10.6. The summed E-state index contributed by atoms with van der Waals surface area (Å²) in [5.41, 5.74) is 0. The molecule has 0 spiro atoms. The molecule has 2 heteroatoms. The molecule has 0 aromatic rings. The second-order valence-corrected chi connectivity index (χ2v) is 6.12. The standard InChI is InChI=1S/C14H26N2/c1-2-16(14-5-6-14)8-7-11-9-12-3-4-13(10-11)15-12/h11-15H,2-10H2,1H3. The Morgan fingerprint density at radius 1 is 1.06 bits per heavy atom. The van der Waals surface area contributed by atoms with Gasteiger partial charge in [-0.3, -0.25) is 0 Å². The van der Waals surface area contributed by atoms with Crippen LogP contribution in [0, 0.1) is 5.92 Å². The number of nitrogens with one attached hydrogen (secondary N) is 1. The van der Waals surface area contributed by atoms with Gasteiger partial charge in [0.15, 0.2) is 0 Å². The molecular formula is C14H26N2. The SMILES string of the molecule is CCN(CCC1CC2CCC(C1)N2)C1CC1. The molecule has 0 radical (unpaired) electrons. The van der Waals surface area contributed by atoms with E-state index in [1.54, 1.807) is 0 Å². The van der Waals surface area contributed by atoms with Crippen LogP contribution in [0.5, 0.6) is 0 Å². The lowest BCUT2D eigenvalue weighted by Crippen LogP contribution is -2.39. The molecule has 3 aliphatic rings. The third-order valence-electron chi connectivity index (χ3n) is 4.86. The van der Waals surface area contributed by atoms with Crippen LogP contribution in [0.4, 0.5) is 0 Å². The van der Waals surface area contributed by atoms with Crippen LogP contribution in [0.2, 0.25) is 0 Å². The molecule has 1 aliphatic carbocycles. The molecule has 2 heterocycles. The summed E-state index contributed by atoms with van der Waals surface area (Å²) < 4.78 is 0. The first-order valence-corrected chi connectivity index (χ1v) is 7.35. The Morgan fingerprint density at radius 3 is 2.31 bits per heavy atom. The summed E-state index contributed by atoms with van der Waals surface area (Å²) >= 11 is 0. The summed E-state index contributed by atoms with van der Waals surface area (Å²) in [6.45, 7) is 4.96. The molecule has 2 saturated heterocycles. The van der Waals surface area contributed by atoms with E-state index in [1.165, 1.54) is 58.0 Å². The van der Waals surface area contributed by atoms with Gasteiger partial charge in [-0.25, -0.2) is 0 Å². The summed E-state index contributed by atoms with van der Waals surface area (Å²) in [5.74, 6) is 1.02. The van der Waals surface area contributed by atoms with Crippen molar-refractivity contribution < 1.29 is 0 Å². The Bertz CT molecular complexity index is 225. The molecule has 3 rings (SSSR count). The highest BCUT2D eigenvalue weighted by Gasteiger charge is 2.34. The van der Waals surface area contributed by atoms with Crippen molar-refractivity contribution in [3.8, 4) is 0 Å². The highest BCUT2D eigenvalue weighted by Crippen LogP contribution is 2.34. The van der Waals surface area contributed by atoms with Crippen LogP contribution in [-0.4, -0.2) is 36.1 Å². The molecule has 0 amide bonds. The van der Waals surface area contributed by atoms with E-state index in [1.807, 2.05) is 0 Å². The third kappa shape index (κ3) is 2.43. The van der Waals surface area contributed by atoms with Crippen LogP contribution in [0.25, 0.3) is 0 Å². The number of piperidine rings is 1. The lowest BCUT2D eigenvalue weighted by atomic mass is 9.89. The first-order chi connectivity index (χ1) is 7.85. The lowest BCUT2D eigenvalue weighted by Gasteiger charge is -2.31. The molecule has 2 bridgehead atoms. The molecule has 2 nitrogen and oxygen atoms in total. The highest BCUT2D eigenvalue weighted by molar-refractivity contribution is 4.92. The van der Waals surface area contributed by atoms with Crippen LogP contribution < -0.4 is 5.32 Å². The van der Waals surface area contributed by atoms with E-state index in [-0.39, 0.29) is 0 Å². The molecule has 92 valence electrons. The molecule has 0 aromatic carbocycles. The summed E-state index contributed by atoms with van der Waals surface area (Å²) in [7, 11) is 0. The fraction of sp³-hybridized carbons (Fsp3) is 1.00. The Kier molecular flexibility index (Phi) is 3.21. The Labute approximate surface area is 99.8 Å². The number of fused-ring (bicyclic) bond motifs is 2. The topological polar surface area (TPSA) is 15.3 Å². The van der Waals surface area contributed by atoms with Crippen molar-refractivity contribution >= 4 is 0 Å². The molecular weight excluding hydrogens is 196 g/mol. The molecule has 1 saturated carbocycles. The normalized spacial score (nSPS) is 38.2. The summed E-state index contributed by atoms with van der Waals surface area (Å²) in [5, 5.41) is 3.74. The van der Waals surface area contributed by atoms with Gasteiger partial charge in [-0.1, -0.05) is 6.92 Å². The highest BCUT2D eigenvalue weighted by atomic mass is 15.2. The van der Waals surface area contributed by atoms with E-state index in [9.17, 15) is 0 Å². The van der Waals surface area contributed by atoms with Gasteiger partial charge in [0.2, 0.25) is 0 Å². The second-order valence-electron chi connectivity index (χ2n) is 6.12. The van der Waals surface area contributed by atoms with Gasteiger partial charge in [-0.2, -0.15) is 0 Å². The molecule has 1 N–H and O–H groups in total. The van der Waals surface area contributed by atoms with Crippen LogP contribution >= 0.6 is 0 Å². The second kappa shape index (κ2) is 4.66. The number of hydrogen-bond donors (Lipinski definition) is 1. The minimum atomic E-state index is 0.875. The van der Waals surface area contributed by atoms with E-state index < -0.39 is 0 Å². The smallest absolute Gasteiger partial charge is 0.00963 e. The first-order valence-electron chi connectivity index (χ1n) is 7.35. The van der Waals surface area contributed by atoms with E-state index in [2.05, 4.69) is 17.1 Å². The molecule has 2 atom stereocenters. The molecule has 3 fully saturated rings. The summed E-state index contributed by atoms with van der Waals surface area (Å²) in [4.78, 5) is 2.71. The number of nitrogens with zero attached hydrogens (tertiary/aromatic N) is 1. The molecule has 16 heavy (non-hydrogen) atoms. The quantitative estimate of drug-likeness (QED) is 0.768. The first kappa shape index (κ1) is 11.0. The van der Waals surface area contributed by atoms with Crippen LogP contribution in [0.3, 0.4) is 0 Å². The fourth-order valence-corrected chi connectivity index (χ4v) is 3.80. The van der Waals surface area contributed by atoms with Crippen LogP contribution in [0.1, 0.15) is 51.9 Å². The van der Waals surface area contributed by atoms with E-state index >= 15 is 0 Å². The van der Waals surface area contributed by atoms with Crippen molar-refractivity contribution in [2.75, 3.05) is 13.1 Å². The summed E-state index contributed by atoms with van der Waals surface area (Å²) in [6, 6.07) is 2.71. The maximum atomic E-state index is 3.74. The Balaban J connectivity index is 1.44. The largest absolute Gasteiger partial charge is 0.311 e. The minimum Gasteiger partial charge on any atom is -0.311 e. The van der Waals surface area contributed by atoms with Crippen LogP contribution in [0.15, 0.2) is 0 Å². The Hall–Kier alpha value is -0.0800. The zero-order chi connectivity index (χ0) is 11.0. The van der Waals surface area contributed by atoms with Crippen molar-refractivity contribution in [2.45, 2.75) is 70.0 Å². The van der Waals surface area contributed by atoms with Crippen molar-refractivity contribution in [1.29, 1.82) is 0 Å². The Morgan fingerprint density at radius 2 is 1.75 bits per heavy atom. The van der Waals surface area contributed by atoms with Crippen molar-refractivity contribution in [1.82, 2.24) is 10.2 Å². The lowest BCUT2D eigenvalue weighted by molar-refractivity contribution is 0.218. The van der Waals surface area contributed by atoms with Gasteiger partial charge in [0.05, 0.1) is 0 Å². The van der Waals surface area contributed by atoms with Gasteiger partial charge in [0, 0.05) is 18.1 Å². The van der Waals surface area contributed by atoms with Gasteiger partial charge in [-0.05, 0) is 64.0 Å². The van der Waals surface area contributed by atoms with E-state index in [4.69, 9.17) is 0 Å².